The van der Waals surface area contributed by atoms with Gasteiger partial charge in [-0.15, -0.1) is 0 Å². The Morgan fingerprint density at radius 3 is 2.23 bits per heavy atom. The molecular weight excluding hydrogens is 465 g/mol. The van der Waals surface area contributed by atoms with Crippen molar-refractivity contribution < 1.29 is 27.8 Å². The van der Waals surface area contributed by atoms with Crippen molar-refractivity contribution in [2.45, 2.75) is 16.3 Å². The predicted octanol–water partition coefficient (Wildman–Crippen LogP) is 4.66. The Kier molecular flexibility index (Phi) is 5.11. The summed E-state index contributed by atoms with van der Waals surface area (Å²) in [7, 11) is -10.6. The number of hydrogen-bond acceptors (Lipinski definition) is 5. The van der Waals surface area contributed by atoms with Gasteiger partial charge in [0.15, 0.2) is 0 Å². The molecule has 14 heteroatoms. The molecule has 2 N–H and O–H groups in total. The highest BCUT2D eigenvalue weighted by Crippen LogP contribution is 3.02. The van der Waals surface area contributed by atoms with Crippen LogP contribution in [0.5, 0.6) is 0 Å². The minimum Gasteiger partial charge on any atom is -0.365 e. The normalized spacial score (nSPS) is 14.7. The van der Waals surface area contributed by atoms with Crippen molar-refractivity contribution in [3.05, 3.63) is 54.6 Å². The van der Waals surface area contributed by atoms with Gasteiger partial charge < -0.3 is 9.88 Å². The molecule has 0 radical (unpaired) electrons. The third-order valence-electron chi connectivity index (χ3n) is 4.25. The van der Waals surface area contributed by atoms with Gasteiger partial charge in [-0.05, 0) is 30.8 Å². The van der Waals surface area contributed by atoms with E-state index in [1.807, 2.05) is 0 Å². The Morgan fingerprint density at radius 1 is 1.06 bits per heavy atom. The van der Waals surface area contributed by atoms with Crippen LogP contribution in [0.25, 0.3) is 11.3 Å². The number of aromatic nitrogens is 3. The highest BCUT2D eigenvalue weighted by atomic mass is 32.5. The fourth-order valence-corrected chi connectivity index (χ4v) is 4.00. The van der Waals surface area contributed by atoms with Crippen molar-refractivity contribution in [1.29, 1.82) is 0 Å². The molecule has 0 fully saturated rings. The number of anilines is 1. The number of halogens is 5. The molecule has 0 saturated carbocycles. The van der Waals surface area contributed by atoms with Gasteiger partial charge in [-0.25, -0.2) is 23.1 Å². The van der Waals surface area contributed by atoms with Crippen molar-refractivity contribution in [3.63, 3.8) is 0 Å². The molecule has 0 aliphatic carbocycles. The van der Waals surface area contributed by atoms with Crippen LogP contribution in [0.2, 0.25) is 0 Å². The third-order valence-corrected chi connectivity index (χ3v) is 6.80. The lowest BCUT2D eigenvalue weighted by Crippen LogP contribution is -2.19. The summed E-state index contributed by atoms with van der Waals surface area (Å²) in [5.41, 5.74) is 1.02. The lowest BCUT2D eigenvalue weighted by Gasteiger charge is -2.40. The van der Waals surface area contributed by atoms with E-state index in [4.69, 9.17) is 0 Å². The molecule has 0 aliphatic rings. The van der Waals surface area contributed by atoms with Gasteiger partial charge in [0, 0.05) is 31.5 Å². The maximum atomic E-state index is 12.8. The maximum Gasteiger partial charge on any atom is 0.310 e. The van der Waals surface area contributed by atoms with Crippen LogP contribution in [0, 0.1) is 0 Å². The first-order valence-electron chi connectivity index (χ1n) is 8.58. The molecule has 3 aromatic rings. The predicted molar refractivity (Wildman–Crippen MR) is 108 cm³/mol. The number of sulfonamides is 1. The first kappa shape index (κ1) is 23.0. The van der Waals surface area contributed by atoms with E-state index in [1.54, 1.807) is 17.8 Å². The Morgan fingerprint density at radius 2 is 1.71 bits per heavy atom. The summed E-state index contributed by atoms with van der Waals surface area (Å²) in [5, 5.41) is 2.88. The van der Waals surface area contributed by atoms with E-state index in [1.165, 1.54) is 19.4 Å². The van der Waals surface area contributed by atoms with Crippen molar-refractivity contribution in [3.8, 4) is 11.3 Å². The van der Waals surface area contributed by atoms with E-state index >= 15 is 0 Å². The number of hydrogen-bond donors (Lipinski definition) is 2. The second kappa shape index (κ2) is 6.90. The summed E-state index contributed by atoms with van der Waals surface area (Å²) in [6.07, 6.45) is 4.23. The topological polar surface area (TPSA) is 88.9 Å². The van der Waals surface area contributed by atoms with E-state index in [0.717, 1.165) is 18.3 Å². The molecule has 2 heterocycles. The minimum atomic E-state index is -9.74. The number of pyridine rings is 1. The maximum absolute atomic E-state index is 12.8. The van der Waals surface area contributed by atoms with E-state index in [9.17, 15) is 27.8 Å². The lowest BCUT2D eigenvalue weighted by molar-refractivity contribution is 0.364. The number of nitrogens with zero attached hydrogens (tertiary/aromatic N) is 3. The molecular formula is C17H18F5N5O2S2. The zero-order valence-corrected chi connectivity index (χ0v) is 17.8. The van der Waals surface area contributed by atoms with Gasteiger partial charge >= 0.3 is 10.2 Å². The zero-order chi connectivity index (χ0) is 23.1. The second-order valence-corrected chi connectivity index (χ2v) is 11.0. The minimum absolute atomic E-state index is 0.0500. The van der Waals surface area contributed by atoms with Gasteiger partial charge in [0.1, 0.15) is 15.6 Å². The number of nitrogens with one attached hydrogen (secondary N) is 2. The molecule has 0 aliphatic heterocycles. The van der Waals surface area contributed by atoms with E-state index in [0.29, 0.717) is 23.4 Å². The monoisotopic (exact) mass is 483 g/mol. The van der Waals surface area contributed by atoms with Crippen molar-refractivity contribution in [2.75, 3.05) is 12.4 Å². The van der Waals surface area contributed by atoms with Crippen molar-refractivity contribution >= 4 is 26.1 Å². The van der Waals surface area contributed by atoms with Crippen LogP contribution in [-0.2, 0) is 23.6 Å². The van der Waals surface area contributed by atoms with Crippen LogP contribution in [0.15, 0.2) is 58.8 Å². The second-order valence-electron chi connectivity index (χ2n) is 6.67. The third kappa shape index (κ3) is 5.32. The largest absolute Gasteiger partial charge is 0.365 e. The Balaban J connectivity index is 1.91. The zero-order valence-electron chi connectivity index (χ0n) is 16.2. The smallest absolute Gasteiger partial charge is 0.310 e. The molecule has 0 atom stereocenters. The Bertz CT molecular complexity index is 1230. The first-order chi connectivity index (χ1) is 14.1. The quantitative estimate of drug-likeness (QED) is 0.477. The molecule has 1 aromatic carbocycles. The number of aryl methyl sites for hydroxylation is 1. The molecule has 170 valence electrons. The van der Waals surface area contributed by atoms with Gasteiger partial charge in [0.25, 0.3) is 0 Å². The first-order valence-corrected chi connectivity index (χ1v) is 12.0. The summed E-state index contributed by atoms with van der Waals surface area (Å²) in [6.45, 7) is -0.0500. The van der Waals surface area contributed by atoms with Crippen LogP contribution >= 0.6 is 10.2 Å². The van der Waals surface area contributed by atoms with Gasteiger partial charge in [-0.2, -0.15) is 0 Å². The molecule has 0 bridgehead atoms. The summed E-state index contributed by atoms with van der Waals surface area (Å²) >= 11 is 0. The van der Waals surface area contributed by atoms with E-state index < -0.39 is 25.1 Å². The highest BCUT2D eigenvalue weighted by Gasteiger charge is 2.65. The fourth-order valence-electron chi connectivity index (χ4n) is 2.65. The molecule has 2 aromatic heterocycles. The van der Waals surface area contributed by atoms with Crippen LogP contribution in [0.1, 0.15) is 5.56 Å². The molecule has 7 nitrogen and oxygen atoms in total. The molecule has 0 saturated heterocycles. The van der Waals surface area contributed by atoms with Crippen LogP contribution < -0.4 is 10.0 Å². The number of imidazole rings is 1. The molecule has 0 spiro atoms. The van der Waals surface area contributed by atoms with Crippen LogP contribution in [0.4, 0.5) is 25.2 Å². The Labute approximate surface area is 175 Å². The van der Waals surface area contributed by atoms with Gasteiger partial charge in [0.05, 0.1) is 12.0 Å². The summed E-state index contributed by atoms with van der Waals surface area (Å²) < 4.78 is 92.2. The van der Waals surface area contributed by atoms with Gasteiger partial charge in [-0.1, -0.05) is 31.6 Å². The highest BCUT2D eigenvalue weighted by molar-refractivity contribution is 8.45. The SMILES string of the molecule is CNS(=O)(=O)c1cnc(NCc2ccc(S(F)(F)(F)(F)F)cc2)c(-c2cn(C)cn2)c1. The molecule has 0 unspecified atom stereocenters. The Hall–Kier alpha value is -2.71. The average molecular weight is 483 g/mol. The van der Waals surface area contributed by atoms with Crippen LogP contribution in [-0.4, -0.2) is 30.0 Å². The van der Waals surface area contributed by atoms with Gasteiger partial charge in [-0.3, -0.25) is 0 Å². The number of benzene rings is 1. The van der Waals surface area contributed by atoms with E-state index in [2.05, 4.69) is 20.0 Å². The van der Waals surface area contributed by atoms with E-state index in [-0.39, 0.29) is 22.8 Å². The average Bonchev–Trinajstić information content (AvgIpc) is 3.11. The number of rotatable bonds is 7. The molecule has 0 amide bonds. The lowest BCUT2D eigenvalue weighted by atomic mass is 10.2. The fraction of sp³-hybridized carbons (Fsp3) is 0.176. The van der Waals surface area contributed by atoms with Crippen LogP contribution in [0.3, 0.4) is 0 Å². The summed E-state index contributed by atoms with van der Waals surface area (Å²) in [4.78, 5) is 6.18. The molecule has 31 heavy (non-hydrogen) atoms. The summed E-state index contributed by atoms with van der Waals surface area (Å²) in [6, 6.07) is 3.87. The standard InChI is InChI=1S/C17H18F5N5O2S2/c1-23-30(28,29)13-7-15(16-10-27(2)11-26-16)17(25-9-13)24-8-12-3-5-14(6-4-12)31(18,19,20,21)22/h3-7,9-11,23H,8H2,1-2H3,(H,24,25). The van der Waals surface area contributed by atoms with Crippen molar-refractivity contribution in [2.24, 2.45) is 7.05 Å². The van der Waals surface area contributed by atoms with Crippen molar-refractivity contribution in [1.82, 2.24) is 19.3 Å². The summed E-state index contributed by atoms with van der Waals surface area (Å²) in [5.74, 6) is 0.213. The molecule has 3 rings (SSSR count). The van der Waals surface area contributed by atoms with Gasteiger partial charge in [0.2, 0.25) is 10.0 Å².